The van der Waals surface area contributed by atoms with E-state index in [0.29, 0.717) is 24.7 Å². The summed E-state index contributed by atoms with van der Waals surface area (Å²) >= 11 is 0. The number of aromatic nitrogens is 2. The van der Waals surface area contributed by atoms with Crippen molar-refractivity contribution in [2.45, 2.75) is 19.1 Å². The number of hydrogen-bond acceptors (Lipinski definition) is 4. The van der Waals surface area contributed by atoms with Crippen LogP contribution in [0.3, 0.4) is 0 Å². The molecule has 0 spiro atoms. The highest BCUT2D eigenvalue weighted by Crippen LogP contribution is 2.20. The summed E-state index contributed by atoms with van der Waals surface area (Å²) in [6.07, 6.45) is -0.985. The van der Waals surface area contributed by atoms with Crippen LogP contribution in [0.25, 0.3) is 11.0 Å². The molecule has 1 aliphatic heterocycles. The molecule has 7 heteroatoms. The number of nitrogens with one attached hydrogen (secondary N) is 1. The standard InChI is InChI=1S/C14H16FN3O3/c1-8-12(21-6-5-20-8)13(19)17-14-16-10-7-9(15)3-4-11(10)18(14)2/h3-4,7-8,12H,5-6H2,1-2H3,(H,16,17,19)/t8-,12-/m0/s1. The van der Waals surface area contributed by atoms with E-state index in [1.165, 1.54) is 12.1 Å². The summed E-state index contributed by atoms with van der Waals surface area (Å²) in [6.45, 7) is 2.65. The zero-order valence-electron chi connectivity index (χ0n) is 11.8. The molecule has 6 nitrogen and oxygen atoms in total. The van der Waals surface area contributed by atoms with E-state index in [1.807, 2.05) is 0 Å². The summed E-state index contributed by atoms with van der Waals surface area (Å²) in [4.78, 5) is 16.5. The number of benzene rings is 1. The molecule has 1 amide bonds. The van der Waals surface area contributed by atoms with Gasteiger partial charge in [-0.25, -0.2) is 9.37 Å². The topological polar surface area (TPSA) is 65.4 Å². The number of fused-ring (bicyclic) bond motifs is 1. The van der Waals surface area contributed by atoms with Gasteiger partial charge in [-0.1, -0.05) is 0 Å². The Kier molecular flexibility index (Phi) is 3.60. The Hall–Kier alpha value is -1.99. The Labute approximate surface area is 120 Å². The van der Waals surface area contributed by atoms with Crippen molar-refractivity contribution in [1.82, 2.24) is 9.55 Å². The number of anilines is 1. The fourth-order valence-corrected chi connectivity index (χ4v) is 2.39. The van der Waals surface area contributed by atoms with E-state index in [9.17, 15) is 9.18 Å². The van der Waals surface area contributed by atoms with E-state index in [1.54, 1.807) is 24.6 Å². The van der Waals surface area contributed by atoms with Gasteiger partial charge in [0.25, 0.3) is 5.91 Å². The van der Waals surface area contributed by atoms with Crippen molar-refractivity contribution in [3.8, 4) is 0 Å². The van der Waals surface area contributed by atoms with E-state index < -0.39 is 6.10 Å². The molecular formula is C14H16FN3O3. The van der Waals surface area contributed by atoms with Gasteiger partial charge >= 0.3 is 0 Å². The number of rotatable bonds is 2. The van der Waals surface area contributed by atoms with Crippen molar-refractivity contribution < 1.29 is 18.7 Å². The number of hydrogen-bond donors (Lipinski definition) is 1. The highest BCUT2D eigenvalue weighted by molar-refractivity contribution is 5.95. The molecule has 3 rings (SSSR count). The normalized spacial score (nSPS) is 22.4. The maximum absolute atomic E-state index is 13.2. The van der Waals surface area contributed by atoms with Crippen molar-refractivity contribution in [3.05, 3.63) is 24.0 Å². The number of carbonyl (C=O) groups is 1. The van der Waals surface area contributed by atoms with Gasteiger partial charge in [-0.3, -0.25) is 10.1 Å². The highest BCUT2D eigenvalue weighted by atomic mass is 19.1. The molecule has 1 aromatic heterocycles. The SMILES string of the molecule is C[C@@H]1OCCO[C@@H]1C(=O)Nc1nc2cc(F)ccc2n1C. The van der Waals surface area contributed by atoms with Crippen LogP contribution in [-0.4, -0.2) is 40.9 Å². The molecule has 1 N–H and O–H groups in total. The summed E-state index contributed by atoms with van der Waals surface area (Å²) in [5.41, 5.74) is 1.22. The molecule has 0 radical (unpaired) electrons. The van der Waals surface area contributed by atoms with Gasteiger partial charge in [-0.15, -0.1) is 0 Å². The minimum absolute atomic E-state index is 0.314. The van der Waals surface area contributed by atoms with E-state index in [0.717, 1.165) is 5.52 Å². The van der Waals surface area contributed by atoms with E-state index in [-0.39, 0.29) is 17.8 Å². The molecule has 21 heavy (non-hydrogen) atoms. The molecule has 2 atom stereocenters. The molecule has 1 saturated heterocycles. The van der Waals surface area contributed by atoms with Gasteiger partial charge < -0.3 is 14.0 Å². The summed E-state index contributed by atoms with van der Waals surface area (Å²) in [5.74, 6) is -0.334. The first-order valence-corrected chi connectivity index (χ1v) is 6.72. The average Bonchev–Trinajstić information content (AvgIpc) is 2.75. The Morgan fingerprint density at radius 3 is 2.95 bits per heavy atom. The third-order valence-electron chi connectivity index (χ3n) is 3.52. The van der Waals surface area contributed by atoms with E-state index in [2.05, 4.69) is 10.3 Å². The number of nitrogens with zero attached hydrogens (tertiary/aromatic N) is 2. The average molecular weight is 293 g/mol. The van der Waals surface area contributed by atoms with Crippen molar-refractivity contribution in [2.24, 2.45) is 7.05 Å². The van der Waals surface area contributed by atoms with Gasteiger partial charge in [0.15, 0.2) is 6.10 Å². The third kappa shape index (κ3) is 2.62. The maximum Gasteiger partial charge on any atom is 0.258 e. The van der Waals surface area contributed by atoms with Crippen LogP contribution < -0.4 is 5.32 Å². The monoisotopic (exact) mass is 293 g/mol. The minimum atomic E-state index is -0.671. The third-order valence-corrected chi connectivity index (χ3v) is 3.52. The van der Waals surface area contributed by atoms with Gasteiger partial charge in [0, 0.05) is 13.1 Å². The zero-order valence-corrected chi connectivity index (χ0v) is 11.8. The van der Waals surface area contributed by atoms with Crippen molar-refractivity contribution in [3.63, 3.8) is 0 Å². The molecule has 1 aliphatic rings. The Morgan fingerprint density at radius 1 is 1.43 bits per heavy atom. The fourth-order valence-electron chi connectivity index (χ4n) is 2.39. The van der Waals surface area contributed by atoms with Crippen LogP contribution in [-0.2, 0) is 21.3 Å². The van der Waals surface area contributed by atoms with Crippen LogP contribution in [0.1, 0.15) is 6.92 Å². The molecule has 2 heterocycles. The first-order valence-electron chi connectivity index (χ1n) is 6.72. The number of ether oxygens (including phenoxy) is 2. The second-order valence-corrected chi connectivity index (χ2v) is 4.98. The van der Waals surface area contributed by atoms with Crippen LogP contribution in [0, 0.1) is 5.82 Å². The Bertz CT molecular complexity index is 685. The van der Waals surface area contributed by atoms with Crippen LogP contribution >= 0.6 is 0 Å². The van der Waals surface area contributed by atoms with Crippen LogP contribution in [0.15, 0.2) is 18.2 Å². The summed E-state index contributed by atoms with van der Waals surface area (Å²) in [6, 6.07) is 4.31. The zero-order chi connectivity index (χ0) is 15.0. The largest absolute Gasteiger partial charge is 0.373 e. The maximum atomic E-state index is 13.2. The molecular weight excluding hydrogens is 277 g/mol. The first-order chi connectivity index (χ1) is 10.1. The second kappa shape index (κ2) is 5.42. The second-order valence-electron chi connectivity index (χ2n) is 4.98. The van der Waals surface area contributed by atoms with Crippen LogP contribution in [0.2, 0.25) is 0 Å². The molecule has 2 aromatic rings. The lowest BCUT2D eigenvalue weighted by Gasteiger charge is -2.28. The van der Waals surface area contributed by atoms with Gasteiger partial charge in [0.05, 0.1) is 30.4 Å². The molecule has 0 bridgehead atoms. The Balaban J connectivity index is 1.84. The van der Waals surface area contributed by atoms with Crippen molar-refractivity contribution >= 4 is 22.9 Å². The fraction of sp³-hybridized carbons (Fsp3) is 0.429. The molecule has 0 aliphatic carbocycles. The Morgan fingerprint density at radius 2 is 2.19 bits per heavy atom. The molecule has 112 valence electrons. The lowest BCUT2D eigenvalue weighted by atomic mass is 10.2. The van der Waals surface area contributed by atoms with Gasteiger partial charge in [-0.2, -0.15) is 0 Å². The van der Waals surface area contributed by atoms with Gasteiger partial charge in [-0.05, 0) is 19.1 Å². The predicted octanol–water partition coefficient (Wildman–Crippen LogP) is 1.45. The van der Waals surface area contributed by atoms with Crippen molar-refractivity contribution in [1.29, 1.82) is 0 Å². The number of carbonyl (C=O) groups excluding carboxylic acids is 1. The quantitative estimate of drug-likeness (QED) is 0.910. The number of halogens is 1. The van der Waals surface area contributed by atoms with Gasteiger partial charge in [0.2, 0.25) is 5.95 Å². The summed E-state index contributed by atoms with van der Waals surface area (Å²) in [7, 11) is 1.75. The van der Waals surface area contributed by atoms with Crippen LogP contribution in [0.5, 0.6) is 0 Å². The molecule has 0 saturated carbocycles. The highest BCUT2D eigenvalue weighted by Gasteiger charge is 2.30. The molecule has 1 aromatic carbocycles. The minimum Gasteiger partial charge on any atom is -0.373 e. The van der Waals surface area contributed by atoms with Gasteiger partial charge in [0.1, 0.15) is 5.82 Å². The predicted molar refractivity (Wildman–Crippen MR) is 74.5 cm³/mol. The van der Waals surface area contributed by atoms with E-state index >= 15 is 0 Å². The summed E-state index contributed by atoms with van der Waals surface area (Å²) < 4.78 is 25.7. The number of aryl methyl sites for hydroxylation is 1. The van der Waals surface area contributed by atoms with Crippen molar-refractivity contribution in [2.75, 3.05) is 18.5 Å². The van der Waals surface area contributed by atoms with E-state index in [4.69, 9.17) is 9.47 Å². The summed E-state index contributed by atoms with van der Waals surface area (Å²) in [5, 5.41) is 2.70. The lowest BCUT2D eigenvalue weighted by Crippen LogP contribution is -2.45. The molecule has 0 unspecified atom stereocenters. The lowest BCUT2D eigenvalue weighted by molar-refractivity contribution is -0.157. The first kappa shape index (κ1) is 14.0. The number of amides is 1. The smallest absolute Gasteiger partial charge is 0.258 e. The molecule has 1 fully saturated rings. The number of imidazole rings is 1. The van der Waals surface area contributed by atoms with Crippen LogP contribution in [0.4, 0.5) is 10.3 Å².